The number of para-hydroxylation sites is 2. The zero-order valence-corrected chi connectivity index (χ0v) is 14.3. The molecule has 0 radical (unpaired) electrons. The summed E-state index contributed by atoms with van der Waals surface area (Å²) in [6.07, 6.45) is 1.58. The van der Waals surface area contributed by atoms with Gasteiger partial charge in [-0.2, -0.15) is 10.4 Å². The summed E-state index contributed by atoms with van der Waals surface area (Å²) in [4.78, 5) is 12.4. The molecular formula is C18H20N4O2. The van der Waals surface area contributed by atoms with E-state index in [1.807, 2.05) is 31.5 Å². The Hall–Kier alpha value is -3.07. The quantitative estimate of drug-likeness (QED) is 0.677. The molecule has 24 heavy (non-hydrogen) atoms. The molecule has 0 aliphatic heterocycles. The molecule has 6 heteroatoms. The second-order valence-corrected chi connectivity index (χ2v) is 5.22. The molecule has 0 atom stereocenters. The van der Waals surface area contributed by atoms with Gasteiger partial charge in [0, 0.05) is 17.8 Å². The van der Waals surface area contributed by atoms with Crippen LogP contribution in [0, 0.1) is 25.2 Å². The number of aryl methyl sites for hydroxylation is 2. The van der Waals surface area contributed by atoms with Gasteiger partial charge < -0.3 is 10.1 Å². The predicted molar refractivity (Wildman–Crippen MR) is 92.6 cm³/mol. The van der Waals surface area contributed by atoms with Crippen LogP contribution in [-0.4, -0.2) is 22.8 Å². The van der Waals surface area contributed by atoms with Crippen LogP contribution in [0.3, 0.4) is 0 Å². The number of methoxy groups -OCH3 is 1. The molecule has 0 saturated carbocycles. The SMILES string of the molecule is CCn1nc(C)c(/C=C(\C#N)C(=O)Nc2ccccc2OC)c1C. The molecule has 0 spiro atoms. The van der Waals surface area contributed by atoms with Crippen molar-refractivity contribution in [3.8, 4) is 11.8 Å². The van der Waals surface area contributed by atoms with Gasteiger partial charge in [-0.25, -0.2) is 0 Å². The Labute approximate surface area is 141 Å². The number of hydrogen-bond donors (Lipinski definition) is 1. The van der Waals surface area contributed by atoms with Crippen LogP contribution in [-0.2, 0) is 11.3 Å². The number of anilines is 1. The molecule has 2 aromatic rings. The lowest BCUT2D eigenvalue weighted by atomic mass is 10.1. The van der Waals surface area contributed by atoms with Gasteiger partial charge >= 0.3 is 0 Å². The number of carbonyl (C=O) groups excluding carboxylic acids is 1. The Morgan fingerprint density at radius 1 is 1.42 bits per heavy atom. The van der Waals surface area contributed by atoms with Crippen LogP contribution < -0.4 is 10.1 Å². The average Bonchev–Trinajstić information content (AvgIpc) is 2.86. The fourth-order valence-corrected chi connectivity index (χ4v) is 2.46. The first kappa shape index (κ1) is 17.3. The van der Waals surface area contributed by atoms with Crippen molar-refractivity contribution in [2.24, 2.45) is 0 Å². The normalized spacial score (nSPS) is 11.0. The summed E-state index contributed by atoms with van der Waals surface area (Å²) in [7, 11) is 1.53. The number of rotatable bonds is 5. The van der Waals surface area contributed by atoms with Crippen molar-refractivity contribution in [1.82, 2.24) is 9.78 Å². The molecule has 1 aromatic carbocycles. The van der Waals surface area contributed by atoms with Crippen molar-refractivity contribution in [2.75, 3.05) is 12.4 Å². The molecule has 1 heterocycles. The predicted octanol–water partition coefficient (Wildman–Crippen LogP) is 3.07. The molecule has 1 aromatic heterocycles. The molecule has 0 aliphatic carbocycles. The minimum absolute atomic E-state index is 0.0164. The van der Waals surface area contributed by atoms with Crippen LogP contribution in [0.2, 0.25) is 0 Å². The highest BCUT2D eigenvalue weighted by Gasteiger charge is 2.15. The minimum Gasteiger partial charge on any atom is -0.495 e. The van der Waals surface area contributed by atoms with Crippen LogP contribution in [0.25, 0.3) is 6.08 Å². The number of amides is 1. The third kappa shape index (κ3) is 3.46. The fourth-order valence-electron chi connectivity index (χ4n) is 2.46. The van der Waals surface area contributed by atoms with E-state index in [4.69, 9.17) is 4.74 Å². The Morgan fingerprint density at radius 3 is 2.71 bits per heavy atom. The van der Waals surface area contributed by atoms with Crippen LogP contribution in [0.4, 0.5) is 5.69 Å². The Kier molecular flexibility index (Phi) is 5.38. The summed E-state index contributed by atoms with van der Waals surface area (Å²) in [5, 5.41) is 16.5. The van der Waals surface area contributed by atoms with Crippen molar-refractivity contribution in [3.63, 3.8) is 0 Å². The minimum atomic E-state index is -0.481. The second-order valence-electron chi connectivity index (χ2n) is 5.22. The van der Waals surface area contributed by atoms with Gasteiger partial charge in [0.2, 0.25) is 0 Å². The fraction of sp³-hybridized carbons (Fsp3) is 0.278. The van der Waals surface area contributed by atoms with Crippen molar-refractivity contribution in [2.45, 2.75) is 27.3 Å². The molecule has 1 N–H and O–H groups in total. The zero-order chi connectivity index (χ0) is 17.7. The summed E-state index contributed by atoms with van der Waals surface area (Å²) < 4.78 is 7.05. The zero-order valence-electron chi connectivity index (χ0n) is 14.3. The van der Waals surface area contributed by atoms with Gasteiger partial charge in [0.1, 0.15) is 17.4 Å². The smallest absolute Gasteiger partial charge is 0.266 e. The topological polar surface area (TPSA) is 79.9 Å². The molecule has 0 fully saturated rings. The number of nitriles is 1. The molecule has 6 nitrogen and oxygen atoms in total. The van der Waals surface area contributed by atoms with E-state index >= 15 is 0 Å². The van der Waals surface area contributed by atoms with Gasteiger partial charge in [-0.05, 0) is 39.0 Å². The summed E-state index contributed by atoms with van der Waals surface area (Å²) in [6, 6.07) is 9.01. The van der Waals surface area contributed by atoms with Crippen LogP contribution in [0.5, 0.6) is 5.75 Å². The van der Waals surface area contributed by atoms with Gasteiger partial charge in [0.25, 0.3) is 5.91 Å². The highest BCUT2D eigenvalue weighted by molar-refractivity contribution is 6.10. The lowest BCUT2D eigenvalue weighted by molar-refractivity contribution is -0.112. The standard InChI is InChI=1S/C18H20N4O2/c1-5-22-13(3)15(12(2)21-22)10-14(11-19)18(23)20-16-8-6-7-9-17(16)24-4/h6-10H,5H2,1-4H3,(H,20,23)/b14-10+. The van der Waals surface area contributed by atoms with Crippen molar-refractivity contribution in [3.05, 3.63) is 46.8 Å². The van der Waals surface area contributed by atoms with Crippen molar-refractivity contribution >= 4 is 17.7 Å². The third-order valence-corrected chi connectivity index (χ3v) is 3.75. The highest BCUT2D eigenvalue weighted by Crippen LogP contribution is 2.24. The average molecular weight is 324 g/mol. The van der Waals surface area contributed by atoms with Crippen LogP contribution in [0.15, 0.2) is 29.8 Å². The molecular weight excluding hydrogens is 304 g/mol. The van der Waals surface area contributed by atoms with E-state index in [1.165, 1.54) is 7.11 Å². The first-order valence-electron chi connectivity index (χ1n) is 7.62. The van der Waals surface area contributed by atoms with Gasteiger partial charge in [-0.1, -0.05) is 12.1 Å². The number of aromatic nitrogens is 2. The maximum atomic E-state index is 12.4. The van der Waals surface area contributed by atoms with Crippen LogP contribution in [0.1, 0.15) is 23.9 Å². The number of nitrogens with zero attached hydrogens (tertiary/aromatic N) is 3. The molecule has 0 saturated heterocycles. The Morgan fingerprint density at radius 2 is 2.12 bits per heavy atom. The summed E-state index contributed by atoms with van der Waals surface area (Å²) in [5.74, 6) is 0.0550. The lowest BCUT2D eigenvalue weighted by Crippen LogP contribution is -2.14. The second kappa shape index (κ2) is 7.47. The van der Waals surface area contributed by atoms with Crippen molar-refractivity contribution < 1.29 is 9.53 Å². The molecule has 0 bridgehead atoms. The number of ether oxygens (including phenoxy) is 1. The first-order valence-corrected chi connectivity index (χ1v) is 7.62. The van der Waals surface area contributed by atoms with Crippen LogP contribution >= 0.6 is 0 Å². The van der Waals surface area contributed by atoms with Gasteiger partial charge in [0.15, 0.2) is 0 Å². The van der Waals surface area contributed by atoms with E-state index < -0.39 is 5.91 Å². The van der Waals surface area contributed by atoms with E-state index in [0.717, 1.165) is 23.5 Å². The lowest BCUT2D eigenvalue weighted by Gasteiger charge is -2.09. The third-order valence-electron chi connectivity index (χ3n) is 3.75. The van der Waals surface area contributed by atoms with E-state index in [1.54, 1.807) is 30.3 Å². The molecule has 0 aliphatic rings. The number of benzene rings is 1. The molecule has 2 rings (SSSR count). The molecule has 124 valence electrons. The number of nitrogens with one attached hydrogen (secondary N) is 1. The Bertz CT molecular complexity index is 828. The van der Waals surface area contributed by atoms with E-state index in [0.29, 0.717) is 11.4 Å². The summed E-state index contributed by atoms with van der Waals surface area (Å²) in [6.45, 7) is 6.50. The largest absolute Gasteiger partial charge is 0.495 e. The maximum absolute atomic E-state index is 12.4. The van der Waals surface area contributed by atoms with E-state index in [-0.39, 0.29) is 5.57 Å². The maximum Gasteiger partial charge on any atom is 0.266 e. The van der Waals surface area contributed by atoms with Crippen molar-refractivity contribution in [1.29, 1.82) is 5.26 Å². The Balaban J connectivity index is 2.33. The summed E-state index contributed by atoms with van der Waals surface area (Å²) >= 11 is 0. The first-order chi connectivity index (χ1) is 11.5. The van der Waals surface area contributed by atoms with Gasteiger partial charge in [0.05, 0.1) is 18.5 Å². The van der Waals surface area contributed by atoms with Gasteiger partial charge in [-0.15, -0.1) is 0 Å². The van der Waals surface area contributed by atoms with Gasteiger partial charge in [-0.3, -0.25) is 9.48 Å². The highest BCUT2D eigenvalue weighted by atomic mass is 16.5. The van der Waals surface area contributed by atoms with E-state index in [2.05, 4.69) is 10.4 Å². The monoisotopic (exact) mass is 324 g/mol. The molecule has 1 amide bonds. The number of hydrogen-bond acceptors (Lipinski definition) is 4. The molecule has 0 unspecified atom stereocenters. The number of carbonyl (C=O) groups is 1. The van der Waals surface area contributed by atoms with E-state index in [9.17, 15) is 10.1 Å². The summed E-state index contributed by atoms with van der Waals surface area (Å²) in [5.41, 5.74) is 3.04.